The highest BCUT2D eigenvalue weighted by molar-refractivity contribution is 5.86. The number of ether oxygens (including phenoxy) is 16. The summed E-state index contributed by atoms with van der Waals surface area (Å²) < 4.78 is 82.8. The second-order valence-electron chi connectivity index (χ2n) is 28.2. The molecule has 4 saturated carbocycles. The van der Waals surface area contributed by atoms with Gasteiger partial charge in [-0.1, -0.05) is 139 Å². The van der Waals surface area contributed by atoms with E-state index in [9.17, 15) is 24.0 Å². The van der Waals surface area contributed by atoms with E-state index in [1.165, 1.54) is 119 Å². The van der Waals surface area contributed by atoms with E-state index in [1.54, 1.807) is 87.9 Å². The van der Waals surface area contributed by atoms with Gasteiger partial charge in [0.25, 0.3) is 0 Å². The molecule has 4 aromatic carbocycles. The van der Waals surface area contributed by atoms with Crippen LogP contribution in [0.5, 0.6) is 11.5 Å². The molecule has 6 unspecified atom stereocenters. The average Bonchev–Trinajstić information content (AvgIpc) is 1.53. The van der Waals surface area contributed by atoms with E-state index in [0.29, 0.717) is 72.7 Å². The SMILES string of the molecule is C1CC2C3CCC(C3)C2C1.C1CCCCC1.CCC1(COC(C)=O)COC(C(C)(C)COC)OC1.CCOC.CCOC.CCOC(C)=O.CCOC(C)=O.COC1CO[C@@H]2C(OC(C)=O)CO[C@H]12.COCCOc1ccc(C2(c3ccc(OCCOC(C)=O)cc3)c3ccccc3-c3ccccc32)cc1. The lowest BCUT2D eigenvalue weighted by Gasteiger charge is -2.43. The third-order valence-electron chi connectivity index (χ3n) is 20.0. The maximum absolute atomic E-state index is 11.0. The normalized spacial score (nSPS) is 23.2. The van der Waals surface area contributed by atoms with Gasteiger partial charge in [-0.2, -0.15) is 0 Å². The Kier molecular flexibility index (Phi) is 43.5. The van der Waals surface area contributed by atoms with E-state index in [-0.39, 0.29) is 78.0 Å². The van der Waals surface area contributed by atoms with E-state index < -0.39 is 5.41 Å². The summed E-state index contributed by atoms with van der Waals surface area (Å²) in [5.41, 5.74) is 6.34. The maximum Gasteiger partial charge on any atom is 0.303 e. The Morgan fingerprint density at radius 3 is 1.25 bits per heavy atom. The molecule has 106 heavy (non-hydrogen) atoms. The van der Waals surface area contributed by atoms with Gasteiger partial charge in [0.2, 0.25) is 0 Å². The van der Waals surface area contributed by atoms with Crippen LogP contribution in [0.4, 0.5) is 0 Å². The van der Waals surface area contributed by atoms with Gasteiger partial charge in [0.15, 0.2) is 12.4 Å². The minimum Gasteiger partial charge on any atom is -0.491 e. The quantitative estimate of drug-likeness (QED) is 0.0356. The fourth-order valence-corrected chi connectivity index (χ4v) is 14.8. The molecule has 0 spiro atoms. The zero-order valence-electron chi connectivity index (χ0n) is 67.1. The first kappa shape index (κ1) is 91.9. The van der Waals surface area contributed by atoms with Gasteiger partial charge in [-0.05, 0) is 148 Å². The number of carbonyl (C=O) groups excluding carboxylic acids is 5. The third-order valence-corrected chi connectivity index (χ3v) is 20.0. The summed E-state index contributed by atoms with van der Waals surface area (Å²) in [6.45, 7) is 27.7. The molecule has 0 radical (unpaired) electrons. The summed E-state index contributed by atoms with van der Waals surface area (Å²) in [6, 6.07) is 33.8. The molecule has 21 heteroatoms. The number of rotatable bonds is 22. The summed E-state index contributed by atoms with van der Waals surface area (Å²) in [5.74, 6) is 5.04. The number of hydrogen-bond donors (Lipinski definition) is 0. The Balaban J connectivity index is 0.000000288. The van der Waals surface area contributed by atoms with Crippen molar-refractivity contribution in [2.75, 3.05) is 128 Å². The van der Waals surface area contributed by atoms with Crippen LogP contribution in [0.25, 0.3) is 11.1 Å². The minimum absolute atomic E-state index is 0.0411. The highest BCUT2D eigenvalue weighted by Gasteiger charge is 2.51. The fourth-order valence-electron chi connectivity index (χ4n) is 14.8. The van der Waals surface area contributed by atoms with Crippen molar-refractivity contribution in [1.29, 1.82) is 0 Å². The predicted octanol–water partition coefficient (Wildman–Crippen LogP) is 15.4. The van der Waals surface area contributed by atoms with E-state index in [2.05, 4.69) is 98.7 Å². The Hall–Kier alpha value is -6.53. The van der Waals surface area contributed by atoms with Crippen LogP contribution in [0.3, 0.4) is 0 Å². The molecule has 0 N–H and O–H groups in total. The maximum atomic E-state index is 11.0. The predicted molar refractivity (Wildman–Crippen MR) is 409 cm³/mol. The molecule has 4 aromatic rings. The Labute approximate surface area is 633 Å². The van der Waals surface area contributed by atoms with Crippen LogP contribution in [0.15, 0.2) is 97.1 Å². The van der Waals surface area contributed by atoms with Crippen LogP contribution in [0.1, 0.15) is 189 Å². The molecule has 21 nitrogen and oxygen atoms in total. The second kappa shape index (κ2) is 50.2. The van der Waals surface area contributed by atoms with Crippen LogP contribution in [0.2, 0.25) is 0 Å². The Morgan fingerprint density at radius 2 is 0.877 bits per heavy atom. The molecule has 8 aliphatic rings. The van der Waals surface area contributed by atoms with E-state index in [4.69, 9.17) is 56.8 Å². The lowest BCUT2D eigenvalue weighted by molar-refractivity contribution is -0.280. The van der Waals surface area contributed by atoms with Crippen molar-refractivity contribution in [2.45, 2.75) is 203 Å². The van der Waals surface area contributed by atoms with Gasteiger partial charge in [0, 0.05) is 88.8 Å². The molecule has 7 fully saturated rings. The zero-order chi connectivity index (χ0) is 77.9. The smallest absolute Gasteiger partial charge is 0.303 e. The first-order valence-corrected chi connectivity index (χ1v) is 38.4. The van der Waals surface area contributed by atoms with Gasteiger partial charge in [0.05, 0.1) is 63.7 Å². The standard InChI is InChI=1S/C32H30O5.C14H26O5.C10H16.C9H14O5.C6H12.2C4H8O2.2C3H8O/c1-23(33)35-21-22-37-27-17-13-25(14-18-27)32(24-11-15-26(16-12-24)36-20-19-34-2)30-9-5-3-7-28(30)29-8-4-6-10-31(29)32;1-6-14(8-17-11(2)15)9-18-12(19-10-14)13(3,4)7-16-5;1-2-9-7-4-5-8(6-7)10(9)3-1;1-5(10)14-7-4-13-8-6(11-2)3-12-9(7)8;1-2-4-6-5-3-1;2*1-3-6-4(2)5;2*1-3-4-2/h3-18H,19-22H2,1-2H3;12H,6-10H2,1-5H3;7-10H,1-6H2;6-9H,3-4H2,1-2H3;1-6H2;2*3H2,1-2H3;2*3H2,1-2H3/t;;;6?,7?,8-,9-;;;;;/m...1...../s1. The van der Waals surface area contributed by atoms with Crippen LogP contribution in [0, 0.1) is 34.5 Å². The highest BCUT2D eigenvalue weighted by Crippen LogP contribution is 2.59. The van der Waals surface area contributed by atoms with Crippen molar-refractivity contribution in [3.05, 3.63) is 119 Å². The topological polar surface area (TPSA) is 233 Å². The van der Waals surface area contributed by atoms with Crippen molar-refractivity contribution in [3.8, 4) is 22.6 Å². The molecule has 12 rings (SSSR count). The molecule has 0 amide bonds. The van der Waals surface area contributed by atoms with Gasteiger partial charge in [-0.3, -0.25) is 24.0 Å². The summed E-state index contributed by atoms with van der Waals surface area (Å²) in [4.78, 5) is 52.4. The number of fused-ring (bicyclic) bond motifs is 9. The summed E-state index contributed by atoms with van der Waals surface area (Å²) in [7, 11) is 8.32. The van der Waals surface area contributed by atoms with Crippen molar-refractivity contribution in [1.82, 2.24) is 0 Å². The zero-order valence-corrected chi connectivity index (χ0v) is 67.1. The molecule has 8 atom stereocenters. The molecule has 3 aliphatic heterocycles. The van der Waals surface area contributed by atoms with Crippen LogP contribution in [-0.2, 0) is 95.7 Å². The molecule has 0 aromatic heterocycles. The number of esters is 5. The number of benzene rings is 4. The summed E-state index contributed by atoms with van der Waals surface area (Å²) in [5, 5.41) is 0. The molecule has 2 bridgehead atoms. The van der Waals surface area contributed by atoms with Crippen LogP contribution in [-0.4, -0.2) is 189 Å². The van der Waals surface area contributed by atoms with E-state index >= 15 is 0 Å². The minimum atomic E-state index is -0.492. The number of hydrogen-bond acceptors (Lipinski definition) is 21. The lowest BCUT2D eigenvalue weighted by Crippen LogP contribution is -2.50. The van der Waals surface area contributed by atoms with Gasteiger partial charge >= 0.3 is 29.8 Å². The summed E-state index contributed by atoms with van der Waals surface area (Å²) >= 11 is 0. The molecule has 3 saturated heterocycles. The van der Waals surface area contributed by atoms with Gasteiger partial charge in [-0.25, -0.2) is 0 Å². The largest absolute Gasteiger partial charge is 0.491 e. The Morgan fingerprint density at radius 1 is 0.453 bits per heavy atom. The second-order valence-corrected chi connectivity index (χ2v) is 28.2. The van der Waals surface area contributed by atoms with Gasteiger partial charge in [0.1, 0.15) is 56.2 Å². The number of carbonyl (C=O) groups is 5. The molecular formula is C85H130O21. The first-order chi connectivity index (χ1) is 51.0. The van der Waals surface area contributed by atoms with E-state index in [0.717, 1.165) is 42.3 Å². The van der Waals surface area contributed by atoms with Crippen LogP contribution >= 0.6 is 0 Å². The van der Waals surface area contributed by atoms with Crippen LogP contribution < -0.4 is 9.47 Å². The third kappa shape index (κ3) is 29.5. The van der Waals surface area contributed by atoms with Crippen molar-refractivity contribution < 1.29 is 99.8 Å². The van der Waals surface area contributed by atoms with E-state index in [1.807, 2.05) is 52.0 Å². The van der Waals surface area contributed by atoms with Gasteiger partial charge in [-0.15, -0.1) is 0 Å². The van der Waals surface area contributed by atoms with Gasteiger partial charge < -0.3 is 75.8 Å². The van der Waals surface area contributed by atoms with Crippen molar-refractivity contribution >= 4 is 29.8 Å². The number of methoxy groups -OCH3 is 5. The highest BCUT2D eigenvalue weighted by atomic mass is 16.7. The molecule has 3 heterocycles. The van der Waals surface area contributed by atoms with Crippen molar-refractivity contribution in [2.24, 2.45) is 34.5 Å². The molecule has 596 valence electrons. The fraction of sp³-hybridized carbons (Fsp3) is 0.659. The molecular weight excluding hydrogens is 1360 g/mol. The summed E-state index contributed by atoms with van der Waals surface area (Å²) in [6.07, 6.45) is 18.5. The molecule has 5 aliphatic carbocycles. The van der Waals surface area contributed by atoms with Crippen molar-refractivity contribution in [3.63, 3.8) is 0 Å². The lowest BCUT2D eigenvalue weighted by atomic mass is 9.68. The average molecular weight is 1490 g/mol. The first-order valence-electron chi connectivity index (χ1n) is 38.4. The Bertz CT molecular complexity index is 2990. The monoisotopic (exact) mass is 1490 g/mol.